The van der Waals surface area contributed by atoms with Crippen LogP contribution in [0.25, 0.3) is 54.9 Å². The van der Waals surface area contributed by atoms with Gasteiger partial charge in [0.05, 0.1) is 5.69 Å². The van der Waals surface area contributed by atoms with Gasteiger partial charge in [-0.25, -0.2) is 0 Å². The lowest BCUT2D eigenvalue weighted by molar-refractivity contribution is 1.12. The molecule has 33 heavy (non-hydrogen) atoms. The molecule has 0 N–H and O–H groups in total. The van der Waals surface area contributed by atoms with Gasteiger partial charge in [-0.2, -0.15) is 0 Å². The molecule has 7 rings (SSSR count). The normalized spacial score (nSPS) is 12.1. The zero-order chi connectivity index (χ0) is 21.8. The van der Waals surface area contributed by atoms with Crippen molar-refractivity contribution in [2.45, 2.75) is 6.42 Å². The van der Waals surface area contributed by atoms with Crippen LogP contribution >= 0.6 is 0 Å². The lowest BCUT2D eigenvalue weighted by atomic mass is 9.85. The Morgan fingerprint density at radius 3 is 1.76 bits per heavy atom. The van der Waals surface area contributed by atoms with Gasteiger partial charge < -0.3 is 0 Å². The second-order valence-electron chi connectivity index (χ2n) is 8.75. The van der Waals surface area contributed by atoms with Crippen LogP contribution in [0.15, 0.2) is 115 Å². The first-order valence-corrected chi connectivity index (χ1v) is 11.4. The fraction of sp³-hybridized carbons (Fsp3) is 0.0312. The first-order valence-electron chi connectivity index (χ1n) is 11.4. The summed E-state index contributed by atoms with van der Waals surface area (Å²) in [7, 11) is 0. The average Bonchev–Trinajstić information content (AvgIpc) is 3.25. The van der Waals surface area contributed by atoms with Crippen molar-refractivity contribution in [3.63, 3.8) is 0 Å². The molecule has 1 aliphatic carbocycles. The van der Waals surface area contributed by atoms with E-state index in [9.17, 15) is 0 Å². The Morgan fingerprint density at radius 2 is 1.09 bits per heavy atom. The van der Waals surface area contributed by atoms with E-state index in [1.807, 2.05) is 12.3 Å². The zero-order valence-electron chi connectivity index (χ0n) is 18.1. The van der Waals surface area contributed by atoms with Gasteiger partial charge in [0.25, 0.3) is 0 Å². The number of pyridine rings is 1. The Kier molecular flexibility index (Phi) is 3.97. The van der Waals surface area contributed by atoms with Gasteiger partial charge in [0.1, 0.15) is 0 Å². The van der Waals surface area contributed by atoms with Crippen LogP contribution in [0.3, 0.4) is 0 Å². The number of benzene rings is 5. The molecule has 0 atom stereocenters. The third kappa shape index (κ3) is 2.76. The van der Waals surface area contributed by atoms with E-state index in [1.54, 1.807) is 0 Å². The van der Waals surface area contributed by atoms with Gasteiger partial charge in [0.2, 0.25) is 0 Å². The molecule has 6 aromatic rings. The van der Waals surface area contributed by atoms with Crippen LogP contribution in [0.2, 0.25) is 0 Å². The Labute approximate surface area is 193 Å². The topological polar surface area (TPSA) is 12.9 Å². The third-order valence-corrected chi connectivity index (χ3v) is 6.93. The summed E-state index contributed by atoms with van der Waals surface area (Å²) in [6, 6.07) is 39.6. The highest BCUT2D eigenvalue weighted by molar-refractivity contribution is 6.21. The van der Waals surface area contributed by atoms with Crippen molar-refractivity contribution >= 4 is 21.5 Å². The van der Waals surface area contributed by atoms with Crippen molar-refractivity contribution in [3.05, 3.63) is 127 Å². The molecule has 1 nitrogen and oxygen atoms in total. The lowest BCUT2D eigenvalue weighted by Gasteiger charge is -2.18. The van der Waals surface area contributed by atoms with Crippen molar-refractivity contribution in [2.75, 3.05) is 0 Å². The maximum Gasteiger partial charge on any atom is 0.0525 e. The first-order chi connectivity index (χ1) is 16.4. The lowest BCUT2D eigenvalue weighted by Crippen LogP contribution is -1.91. The highest BCUT2D eigenvalue weighted by Crippen LogP contribution is 2.45. The van der Waals surface area contributed by atoms with Gasteiger partial charge >= 0.3 is 0 Å². The standard InChI is InChI=1S/C32H21N/c1-2-9-21(10-3-1)31-25-11-4-6-13-27(25)32(28-14-7-5-12-26(28)31)23-17-16-22-20-30-24(29(22)19-23)15-8-18-33-30/h1-19H,20H2. The molecule has 0 radical (unpaired) electrons. The second-order valence-corrected chi connectivity index (χ2v) is 8.75. The molecule has 1 heteroatoms. The molecule has 1 aromatic heterocycles. The van der Waals surface area contributed by atoms with E-state index in [0.29, 0.717) is 0 Å². The minimum Gasteiger partial charge on any atom is -0.260 e. The molecule has 1 heterocycles. The minimum atomic E-state index is 0.917. The van der Waals surface area contributed by atoms with E-state index in [-0.39, 0.29) is 0 Å². The molecular weight excluding hydrogens is 398 g/mol. The molecule has 0 bridgehead atoms. The number of rotatable bonds is 2. The molecular formula is C32H21N. The fourth-order valence-corrected chi connectivity index (χ4v) is 5.50. The summed E-state index contributed by atoms with van der Waals surface area (Å²) >= 11 is 0. The van der Waals surface area contributed by atoms with Crippen LogP contribution in [0.5, 0.6) is 0 Å². The summed E-state index contributed by atoms with van der Waals surface area (Å²) in [6.45, 7) is 0. The first kappa shape index (κ1) is 18.4. The van der Waals surface area contributed by atoms with Crippen molar-refractivity contribution in [1.82, 2.24) is 4.98 Å². The van der Waals surface area contributed by atoms with Gasteiger partial charge in [0, 0.05) is 18.2 Å². The summed E-state index contributed by atoms with van der Waals surface area (Å²) in [5.41, 5.74) is 10.3. The van der Waals surface area contributed by atoms with Crippen molar-refractivity contribution < 1.29 is 0 Å². The smallest absolute Gasteiger partial charge is 0.0525 e. The third-order valence-electron chi connectivity index (χ3n) is 6.93. The summed E-state index contributed by atoms with van der Waals surface area (Å²) in [4.78, 5) is 4.62. The van der Waals surface area contributed by atoms with Crippen LogP contribution < -0.4 is 0 Å². The average molecular weight is 420 g/mol. The van der Waals surface area contributed by atoms with Crippen LogP contribution in [0, 0.1) is 0 Å². The van der Waals surface area contributed by atoms with Crippen LogP contribution in [-0.2, 0) is 6.42 Å². The monoisotopic (exact) mass is 419 g/mol. The maximum absolute atomic E-state index is 4.62. The minimum absolute atomic E-state index is 0.917. The largest absolute Gasteiger partial charge is 0.260 e. The molecule has 0 spiro atoms. The van der Waals surface area contributed by atoms with Gasteiger partial charge in [-0.15, -0.1) is 0 Å². The van der Waals surface area contributed by atoms with E-state index >= 15 is 0 Å². The summed E-state index contributed by atoms with van der Waals surface area (Å²) in [5, 5.41) is 5.17. The van der Waals surface area contributed by atoms with Gasteiger partial charge in [-0.05, 0) is 67.1 Å². The quantitative estimate of drug-likeness (QED) is 0.257. The van der Waals surface area contributed by atoms with E-state index in [1.165, 1.54) is 66.2 Å². The molecule has 5 aromatic carbocycles. The van der Waals surface area contributed by atoms with Crippen molar-refractivity contribution in [1.29, 1.82) is 0 Å². The van der Waals surface area contributed by atoms with Crippen LogP contribution in [0.4, 0.5) is 0 Å². The molecule has 0 saturated carbocycles. The molecule has 1 aliphatic rings. The van der Waals surface area contributed by atoms with Crippen molar-refractivity contribution in [2.24, 2.45) is 0 Å². The van der Waals surface area contributed by atoms with Gasteiger partial charge in [-0.3, -0.25) is 4.98 Å². The SMILES string of the molecule is c1ccc(-c2c3ccccc3c(-c3ccc4c(c3)-c3cccnc3C4)c3ccccc23)cc1. The Morgan fingerprint density at radius 1 is 0.485 bits per heavy atom. The zero-order valence-corrected chi connectivity index (χ0v) is 18.1. The Balaban J connectivity index is 1.58. The highest BCUT2D eigenvalue weighted by atomic mass is 14.7. The molecule has 154 valence electrons. The summed E-state index contributed by atoms with van der Waals surface area (Å²) < 4.78 is 0. The van der Waals surface area contributed by atoms with E-state index < -0.39 is 0 Å². The molecule has 0 saturated heterocycles. The van der Waals surface area contributed by atoms with Crippen LogP contribution in [0.1, 0.15) is 11.3 Å². The number of aromatic nitrogens is 1. The molecule has 0 unspecified atom stereocenters. The number of nitrogens with zero attached hydrogens (tertiary/aromatic N) is 1. The van der Waals surface area contributed by atoms with E-state index in [0.717, 1.165) is 6.42 Å². The fourth-order valence-electron chi connectivity index (χ4n) is 5.50. The summed E-state index contributed by atoms with van der Waals surface area (Å²) in [5.74, 6) is 0. The number of hydrogen-bond acceptors (Lipinski definition) is 1. The van der Waals surface area contributed by atoms with E-state index in [2.05, 4.69) is 108 Å². The van der Waals surface area contributed by atoms with Gasteiger partial charge in [0.15, 0.2) is 0 Å². The number of hydrogen-bond donors (Lipinski definition) is 0. The van der Waals surface area contributed by atoms with Crippen molar-refractivity contribution in [3.8, 4) is 33.4 Å². The van der Waals surface area contributed by atoms with Gasteiger partial charge in [-0.1, -0.05) is 97.1 Å². The Hall–Kier alpha value is -4.23. The molecule has 0 amide bonds. The van der Waals surface area contributed by atoms with E-state index in [4.69, 9.17) is 0 Å². The molecule has 0 fully saturated rings. The predicted octanol–water partition coefficient (Wildman–Crippen LogP) is 8.29. The Bertz CT molecular complexity index is 1620. The summed E-state index contributed by atoms with van der Waals surface area (Å²) in [6.07, 6.45) is 2.81. The second kappa shape index (κ2) is 7.15. The van der Waals surface area contributed by atoms with Crippen LogP contribution in [-0.4, -0.2) is 4.98 Å². The predicted molar refractivity (Wildman–Crippen MR) is 138 cm³/mol. The maximum atomic E-state index is 4.62. The highest BCUT2D eigenvalue weighted by Gasteiger charge is 2.21. The number of fused-ring (bicyclic) bond motifs is 5. The molecule has 0 aliphatic heterocycles.